The number of nitrogens with one attached hydrogen (secondary N) is 2. The molecule has 32 heavy (non-hydrogen) atoms. The molecule has 6 heteroatoms. The van der Waals surface area contributed by atoms with Gasteiger partial charge in [-0.25, -0.2) is 4.98 Å². The fourth-order valence-corrected chi connectivity index (χ4v) is 4.66. The van der Waals surface area contributed by atoms with Crippen LogP contribution < -0.4 is 11.5 Å². The van der Waals surface area contributed by atoms with Gasteiger partial charge in [0.2, 0.25) is 0 Å². The summed E-state index contributed by atoms with van der Waals surface area (Å²) in [6, 6.07) is 13.2. The highest BCUT2D eigenvalue weighted by atomic mass is 14.7. The van der Waals surface area contributed by atoms with E-state index >= 15 is 0 Å². The summed E-state index contributed by atoms with van der Waals surface area (Å²) >= 11 is 0. The lowest BCUT2D eigenvalue weighted by molar-refractivity contribution is 0.689. The smallest absolute Gasteiger partial charge is 0.0744 e. The standard InChI is InChI=1S/C26H24N6.H2/c27-14-17-13-16(5-6-20(17)28)26-19-4-2-1-3-18(19)23-22(32-26)8-7-21(29)24(23)25(30)15-9-11-31-12-10-15;/h5-14,27,30H,1-4,28-29H2;1H. The molecule has 0 bridgehead atoms. The van der Waals surface area contributed by atoms with Gasteiger partial charge in [0.25, 0.3) is 0 Å². The van der Waals surface area contributed by atoms with Gasteiger partial charge in [0.05, 0.1) is 16.9 Å². The van der Waals surface area contributed by atoms with Crippen LogP contribution in [0.25, 0.3) is 22.2 Å². The zero-order valence-electron chi connectivity index (χ0n) is 17.7. The van der Waals surface area contributed by atoms with E-state index in [0.29, 0.717) is 22.6 Å². The quantitative estimate of drug-likeness (QED) is 0.273. The molecular weight excluding hydrogens is 396 g/mol. The van der Waals surface area contributed by atoms with Crippen LogP contribution in [-0.2, 0) is 12.8 Å². The van der Waals surface area contributed by atoms with E-state index in [-0.39, 0.29) is 1.43 Å². The van der Waals surface area contributed by atoms with E-state index in [9.17, 15) is 0 Å². The molecule has 0 fully saturated rings. The first-order valence-corrected chi connectivity index (χ1v) is 10.7. The van der Waals surface area contributed by atoms with Gasteiger partial charge in [0.1, 0.15) is 0 Å². The van der Waals surface area contributed by atoms with Crippen molar-refractivity contribution in [3.8, 4) is 11.3 Å². The Hall–Kier alpha value is -4.06. The number of anilines is 2. The second kappa shape index (κ2) is 7.89. The van der Waals surface area contributed by atoms with Crippen molar-refractivity contribution in [2.45, 2.75) is 25.7 Å². The summed E-state index contributed by atoms with van der Waals surface area (Å²) in [4.78, 5) is 9.14. The Labute approximate surface area is 187 Å². The Morgan fingerprint density at radius 3 is 2.41 bits per heavy atom. The number of rotatable bonds is 4. The first-order valence-electron chi connectivity index (χ1n) is 10.7. The number of nitrogen functional groups attached to an aromatic ring is 2. The zero-order chi connectivity index (χ0) is 22.2. The maximum Gasteiger partial charge on any atom is 0.0744 e. The van der Waals surface area contributed by atoms with Crippen molar-refractivity contribution >= 4 is 34.2 Å². The van der Waals surface area contributed by atoms with Crippen LogP contribution in [0.2, 0.25) is 0 Å². The molecule has 2 heterocycles. The molecule has 160 valence electrons. The number of fused-ring (bicyclic) bond motifs is 3. The number of aryl methyl sites for hydroxylation is 1. The Kier molecular flexibility index (Phi) is 4.90. The summed E-state index contributed by atoms with van der Waals surface area (Å²) in [7, 11) is 0. The Bertz CT molecular complexity index is 1380. The minimum Gasteiger partial charge on any atom is -0.398 e. The van der Waals surface area contributed by atoms with E-state index < -0.39 is 0 Å². The maximum absolute atomic E-state index is 8.93. The molecule has 0 unspecified atom stereocenters. The Morgan fingerprint density at radius 2 is 1.66 bits per heavy atom. The van der Waals surface area contributed by atoms with Crippen LogP contribution in [0.3, 0.4) is 0 Å². The lowest BCUT2D eigenvalue weighted by Gasteiger charge is -2.24. The van der Waals surface area contributed by atoms with Crippen molar-refractivity contribution in [3.63, 3.8) is 0 Å². The second-order valence-corrected chi connectivity index (χ2v) is 8.15. The summed E-state index contributed by atoms with van der Waals surface area (Å²) in [5.74, 6) is 0. The Morgan fingerprint density at radius 1 is 0.938 bits per heavy atom. The highest BCUT2D eigenvalue weighted by molar-refractivity contribution is 6.21. The van der Waals surface area contributed by atoms with Gasteiger partial charge >= 0.3 is 0 Å². The molecule has 2 aromatic heterocycles. The average molecular weight is 423 g/mol. The van der Waals surface area contributed by atoms with Crippen molar-refractivity contribution in [2.75, 3.05) is 11.5 Å². The number of nitrogens with two attached hydrogens (primary N) is 2. The van der Waals surface area contributed by atoms with E-state index in [1.54, 1.807) is 12.4 Å². The number of aromatic nitrogens is 2. The van der Waals surface area contributed by atoms with Crippen LogP contribution in [0.15, 0.2) is 54.9 Å². The molecule has 1 aliphatic carbocycles. The van der Waals surface area contributed by atoms with Crippen LogP contribution in [0, 0.1) is 10.8 Å². The minimum atomic E-state index is 0. The third-order valence-corrected chi connectivity index (χ3v) is 6.24. The van der Waals surface area contributed by atoms with Crippen LogP contribution >= 0.6 is 0 Å². The molecule has 0 atom stereocenters. The maximum atomic E-state index is 8.93. The summed E-state index contributed by atoms with van der Waals surface area (Å²) in [5, 5.41) is 17.6. The largest absolute Gasteiger partial charge is 0.398 e. The van der Waals surface area contributed by atoms with Crippen LogP contribution in [0.4, 0.5) is 11.4 Å². The van der Waals surface area contributed by atoms with Crippen LogP contribution in [-0.4, -0.2) is 21.9 Å². The number of nitrogens with zero attached hydrogens (tertiary/aromatic N) is 2. The van der Waals surface area contributed by atoms with Crippen molar-refractivity contribution in [3.05, 3.63) is 82.7 Å². The molecule has 0 radical (unpaired) electrons. The molecule has 0 saturated heterocycles. The number of hydrogen-bond acceptors (Lipinski definition) is 6. The Balaban J connectivity index is 0.00000259. The topological polar surface area (TPSA) is 126 Å². The van der Waals surface area contributed by atoms with Gasteiger partial charge < -0.3 is 16.9 Å². The van der Waals surface area contributed by atoms with Crippen molar-refractivity contribution < 1.29 is 1.43 Å². The molecule has 0 amide bonds. The predicted octanol–water partition coefficient (Wildman–Crippen LogP) is 5.00. The molecule has 0 spiro atoms. The van der Waals surface area contributed by atoms with Crippen LogP contribution in [0.1, 0.15) is 42.1 Å². The zero-order valence-corrected chi connectivity index (χ0v) is 17.7. The van der Waals surface area contributed by atoms with Gasteiger partial charge in [-0.3, -0.25) is 10.4 Å². The highest BCUT2D eigenvalue weighted by Crippen LogP contribution is 2.39. The fraction of sp³-hybridized carbons (Fsp3) is 0.154. The first-order chi connectivity index (χ1) is 15.6. The molecule has 0 aliphatic heterocycles. The van der Waals surface area contributed by atoms with Gasteiger partial charge in [-0.1, -0.05) is 6.07 Å². The summed E-state index contributed by atoms with van der Waals surface area (Å²) in [5.41, 5.74) is 21.4. The van der Waals surface area contributed by atoms with Crippen molar-refractivity contribution in [2.24, 2.45) is 0 Å². The van der Waals surface area contributed by atoms with Crippen molar-refractivity contribution in [1.82, 2.24) is 9.97 Å². The summed E-state index contributed by atoms with van der Waals surface area (Å²) in [6.07, 6.45) is 8.71. The fourth-order valence-electron chi connectivity index (χ4n) is 4.66. The van der Waals surface area contributed by atoms with Crippen molar-refractivity contribution in [1.29, 1.82) is 10.8 Å². The third kappa shape index (κ3) is 3.21. The van der Waals surface area contributed by atoms with Crippen LogP contribution in [0.5, 0.6) is 0 Å². The number of hydrogen-bond donors (Lipinski definition) is 4. The highest BCUT2D eigenvalue weighted by Gasteiger charge is 2.24. The van der Waals surface area contributed by atoms with E-state index in [1.807, 2.05) is 42.5 Å². The molecule has 4 aromatic rings. The van der Waals surface area contributed by atoms with Gasteiger partial charge in [-0.15, -0.1) is 0 Å². The summed E-state index contributed by atoms with van der Waals surface area (Å²) in [6.45, 7) is 0. The van der Waals surface area contributed by atoms with Gasteiger partial charge in [0, 0.05) is 59.0 Å². The van der Waals surface area contributed by atoms with E-state index in [1.165, 1.54) is 17.3 Å². The number of pyridine rings is 2. The van der Waals surface area contributed by atoms with Gasteiger partial charge in [0.15, 0.2) is 0 Å². The molecule has 2 aromatic carbocycles. The lowest BCUT2D eigenvalue weighted by Crippen LogP contribution is -2.13. The van der Waals surface area contributed by atoms with E-state index in [4.69, 9.17) is 27.3 Å². The molecule has 0 saturated carbocycles. The predicted molar refractivity (Wildman–Crippen MR) is 133 cm³/mol. The summed E-state index contributed by atoms with van der Waals surface area (Å²) < 4.78 is 0. The number of benzene rings is 2. The molecule has 5 rings (SSSR count). The normalized spacial score (nSPS) is 13.0. The third-order valence-electron chi connectivity index (χ3n) is 6.24. The van der Waals surface area contributed by atoms with Gasteiger partial charge in [-0.2, -0.15) is 0 Å². The second-order valence-electron chi connectivity index (χ2n) is 8.15. The lowest BCUT2D eigenvalue weighted by atomic mass is 9.83. The van der Waals surface area contributed by atoms with Gasteiger partial charge in [-0.05, 0) is 73.2 Å². The molecule has 6 N–H and O–H groups in total. The monoisotopic (exact) mass is 422 g/mol. The van der Waals surface area contributed by atoms with E-state index in [0.717, 1.165) is 59.0 Å². The molecule has 6 nitrogen and oxygen atoms in total. The minimum absolute atomic E-state index is 0. The first kappa shape index (κ1) is 19.9. The SMILES string of the molecule is N=Cc1cc(-c2nc3ccc(N)c(C(=N)c4ccncc4)c3c3c2CCCC3)ccc1N.[HH]. The molecule has 1 aliphatic rings. The molecular formula is C26H26N6. The average Bonchev–Trinajstić information content (AvgIpc) is 2.84. The van der Waals surface area contributed by atoms with E-state index in [2.05, 4.69) is 4.98 Å².